The lowest BCUT2D eigenvalue weighted by atomic mass is 10.2. The molecule has 0 aliphatic heterocycles. The molecule has 1 heterocycles. The molecule has 25 heavy (non-hydrogen) atoms. The van der Waals surface area contributed by atoms with Crippen LogP contribution in [-0.2, 0) is 9.53 Å². The van der Waals surface area contributed by atoms with Crippen molar-refractivity contribution in [2.45, 2.75) is 6.92 Å². The van der Waals surface area contributed by atoms with Gasteiger partial charge in [0, 0.05) is 11.8 Å². The van der Waals surface area contributed by atoms with Crippen molar-refractivity contribution in [3.8, 4) is 0 Å². The molecule has 2 aromatic carbocycles. The second-order valence-electron chi connectivity index (χ2n) is 5.46. The summed E-state index contributed by atoms with van der Waals surface area (Å²) in [5.74, 6) is -1.60. The number of nitrogens with one attached hydrogen (secondary N) is 1. The van der Waals surface area contributed by atoms with Gasteiger partial charge in [-0.05, 0) is 36.8 Å². The summed E-state index contributed by atoms with van der Waals surface area (Å²) in [4.78, 5) is 35.8. The van der Waals surface area contributed by atoms with Crippen LogP contribution >= 0.6 is 0 Å². The van der Waals surface area contributed by atoms with Crippen LogP contribution in [0.4, 0.5) is 5.69 Å². The minimum absolute atomic E-state index is 0.243. The first kappa shape index (κ1) is 16.4. The summed E-state index contributed by atoms with van der Waals surface area (Å²) in [6.45, 7) is 1.42. The Balaban J connectivity index is 1.66. The Morgan fingerprint density at radius 3 is 2.68 bits per heavy atom. The molecule has 1 amide bonds. The Kier molecular flexibility index (Phi) is 4.61. The summed E-state index contributed by atoms with van der Waals surface area (Å²) < 4.78 is 10.3. The fourth-order valence-electron chi connectivity index (χ4n) is 2.33. The SMILES string of the molecule is Cc1cccc(NC(=O)COC(=O)c2cc(=O)c3ccccc3o2)c1. The van der Waals surface area contributed by atoms with Gasteiger partial charge in [-0.1, -0.05) is 24.3 Å². The molecule has 0 unspecified atom stereocenters. The summed E-state index contributed by atoms with van der Waals surface area (Å²) in [6.07, 6.45) is 0. The van der Waals surface area contributed by atoms with Gasteiger partial charge in [0.2, 0.25) is 5.76 Å². The average Bonchev–Trinajstić information content (AvgIpc) is 2.59. The van der Waals surface area contributed by atoms with Crippen LogP contribution < -0.4 is 10.7 Å². The van der Waals surface area contributed by atoms with E-state index in [1.54, 1.807) is 42.5 Å². The first-order valence-electron chi connectivity index (χ1n) is 7.59. The van der Waals surface area contributed by atoms with Gasteiger partial charge in [-0.15, -0.1) is 0 Å². The van der Waals surface area contributed by atoms with Gasteiger partial charge in [0.05, 0.1) is 5.39 Å². The molecule has 0 aliphatic carbocycles. The van der Waals surface area contributed by atoms with Crippen LogP contribution in [0, 0.1) is 6.92 Å². The van der Waals surface area contributed by atoms with E-state index in [-0.39, 0.29) is 16.8 Å². The standard InChI is InChI=1S/C19H15NO5/c1-12-5-4-6-13(9-12)20-18(22)11-24-19(23)17-10-15(21)14-7-2-3-8-16(14)25-17/h2-10H,11H2,1H3,(H,20,22). The van der Waals surface area contributed by atoms with Crippen LogP contribution in [0.3, 0.4) is 0 Å². The maximum atomic E-state index is 12.0. The van der Waals surface area contributed by atoms with E-state index in [1.807, 2.05) is 13.0 Å². The van der Waals surface area contributed by atoms with Crippen LogP contribution in [0.1, 0.15) is 16.1 Å². The second-order valence-corrected chi connectivity index (χ2v) is 5.46. The molecular weight excluding hydrogens is 322 g/mol. The molecule has 1 N–H and O–H groups in total. The highest BCUT2D eigenvalue weighted by Crippen LogP contribution is 2.13. The maximum Gasteiger partial charge on any atom is 0.374 e. The van der Waals surface area contributed by atoms with Crippen molar-refractivity contribution in [3.63, 3.8) is 0 Å². The summed E-state index contributed by atoms with van der Waals surface area (Å²) in [5.41, 5.74) is 1.54. The van der Waals surface area contributed by atoms with Gasteiger partial charge >= 0.3 is 5.97 Å². The molecule has 0 radical (unpaired) electrons. The lowest BCUT2D eigenvalue weighted by Crippen LogP contribution is -2.21. The predicted molar refractivity (Wildman–Crippen MR) is 92.6 cm³/mol. The first-order chi connectivity index (χ1) is 12.0. The van der Waals surface area contributed by atoms with Crippen molar-refractivity contribution in [2.24, 2.45) is 0 Å². The second kappa shape index (κ2) is 7.00. The lowest BCUT2D eigenvalue weighted by molar-refractivity contribution is -0.119. The van der Waals surface area contributed by atoms with Gasteiger partial charge in [-0.25, -0.2) is 4.79 Å². The van der Waals surface area contributed by atoms with Crippen molar-refractivity contribution < 1.29 is 18.7 Å². The van der Waals surface area contributed by atoms with E-state index < -0.39 is 18.5 Å². The fraction of sp³-hybridized carbons (Fsp3) is 0.105. The number of ether oxygens (including phenoxy) is 1. The largest absolute Gasteiger partial charge is 0.450 e. The van der Waals surface area contributed by atoms with E-state index in [2.05, 4.69) is 5.32 Å². The van der Waals surface area contributed by atoms with Crippen LogP contribution in [0.15, 0.2) is 63.8 Å². The van der Waals surface area contributed by atoms with Gasteiger partial charge in [0.15, 0.2) is 12.0 Å². The zero-order chi connectivity index (χ0) is 17.8. The van der Waals surface area contributed by atoms with Crippen LogP contribution in [0.25, 0.3) is 11.0 Å². The zero-order valence-corrected chi connectivity index (χ0v) is 13.4. The van der Waals surface area contributed by atoms with Crippen LogP contribution in [0.2, 0.25) is 0 Å². The fourth-order valence-corrected chi connectivity index (χ4v) is 2.33. The normalized spacial score (nSPS) is 10.4. The number of benzene rings is 2. The summed E-state index contributed by atoms with van der Waals surface area (Å²) in [5, 5.41) is 2.99. The highest BCUT2D eigenvalue weighted by atomic mass is 16.5. The lowest BCUT2D eigenvalue weighted by Gasteiger charge is -2.07. The maximum absolute atomic E-state index is 12.0. The third-order valence-electron chi connectivity index (χ3n) is 3.47. The van der Waals surface area contributed by atoms with E-state index in [9.17, 15) is 14.4 Å². The average molecular weight is 337 g/mol. The Morgan fingerprint density at radius 2 is 1.88 bits per heavy atom. The van der Waals surface area contributed by atoms with Gasteiger partial charge in [0.25, 0.3) is 5.91 Å². The minimum atomic E-state index is -0.873. The number of carbonyl (C=O) groups is 2. The zero-order valence-electron chi connectivity index (χ0n) is 13.4. The number of anilines is 1. The number of fused-ring (bicyclic) bond motifs is 1. The molecule has 0 aliphatic rings. The molecule has 6 heteroatoms. The minimum Gasteiger partial charge on any atom is -0.450 e. The quantitative estimate of drug-likeness (QED) is 0.740. The highest BCUT2D eigenvalue weighted by molar-refractivity contribution is 5.95. The molecule has 0 spiro atoms. The summed E-state index contributed by atoms with van der Waals surface area (Å²) in [6, 6.07) is 14.9. The molecular formula is C19H15NO5. The predicted octanol–water partition coefficient (Wildman–Crippen LogP) is 2.90. The van der Waals surface area contributed by atoms with Crippen molar-refractivity contribution in [3.05, 3.63) is 76.1 Å². The molecule has 0 bridgehead atoms. The Hall–Kier alpha value is -3.41. The number of carbonyl (C=O) groups excluding carboxylic acids is 2. The number of aryl methyl sites for hydroxylation is 1. The topological polar surface area (TPSA) is 85.6 Å². The number of rotatable bonds is 4. The molecule has 3 rings (SSSR count). The van der Waals surface area contributed by atoms with Gasteiger partial charge in [-0.2, -0.15) is 0 Å². The van der Waals surface area contributed by atoms with Gasteiger partial charge in [0.1, 0.15) is 5.58 Å². The van der Waals surface area contributed by atoms with Crippen LogP contribution in [0.5, 0.6) is 0 Å². The van der Waals surface area contributed by atoms with E-state index in [0.717, 1.165) is 11.6 Å². The monoisotopic (exact) mass is 337 g/mol. The van der Waals surface area contributed by atoms with E-state index in [1.165, 1.54) is 0 Å². The van der Waals surface area contributed by atoms with Crippen molar-refractivity contribution in [1.82, 2.24) is 0 Å². The van der Waals surface area contributed by atoms with Gasteiger partial charge < -0.3 is 14.5 Å². The summed E-state index contributed by atoms with van der Waals surface area (Å²) in [7, 11) is 0. The molecule has 0 fully saturated rings. The van der Waals surface area contributed by atoms with Crippen molar-refractivity contribution in [1.29, 1.82) is 0 Å². The molecule has 0 saturated heterocycles. The summed E-state index contributed by atoms with van der Waals surface area (Å²) >= 11 is 0. The smallest absolute Gasteiger partial charge is 0.374 e. The first-order valence-corrected chi connectivity index (χ1v) is 7.59. The van der Waals surface area contributed by atoms with Crippen molar-refractivity contribution in [2.75, 3.05) is 11.9 Å². The molecule has 3 aromatic rings. The van der Waals surface area contributed by atoms with Gasteiger partial charge in [-0.3, -0.25) is 9.59 Å². The van der Waals surface area contributed by atoms with E-state index >= 15 is 0 Å². The molecule has 6 nitrogen and oxygen atoms in total. The van der Waals surface area contributed by atoms with Crippen molar-refractivity contribution >= 4 is 28.5 Å². The number of amides is 1. The Bertz CT molecular complexity index is 1010. The highest BCUT2D eigenvalue weighted by Gasteiger charge is 2.15. The Morgan fingerprint density at radius 1 is 1.08 bits per heavy atom. The number of hydrogen-bond donors (Lipinski definition) is 1. The molecule has 0 atom stereocenters. The number of para-hydroxylation sites is 1. The number of hydrogen-bond acceptors (Lipinski definition) is 5. The van der Waals surface area contributed by atoms with E-state index in [0.29, 0.717) is 11.1 Å². The number of esters is 1. The van der Waals surface area contributed by atoms with Crippen LogP contribution in [-0.4, -0.2) is 18.5 Å². The molecule has 1 aromatic heterocycles. The molecule has 0 saturated carbocycles. The Labute approximate surface area is 143 Å². The molecule has 126 valence electrons. The third kappa shape index (κ3) is 3.92. The third-order valence-corrected chi connectivity index (χ3v) is 3.47. The van der Waals surface area contributed by atoms with E-state index in [4.69, 9.17) is 9.15 Å².